The summed E-state index contributed by atoms with van der Waals surface area (Å²) in [5, 5.41) is 14.4. The van der Waals surface area contributed by atoms with E-state index in [0.717, 1.165) is 6.42 Å². The van der Waals surface area contributed by atoms with Crippen molar-refractivity contribution in [2.75, 3.05) is 5.32 Å². The molecular formula is C17H22N2O4. The molecule has 0 spiro atoms. The molecule has 1 aromatic carbocycles. The standard InChI is InChI=1S/C17H22N2O4/c1-9(2)14(17(22)23)19-15(20)11-4-6-12(7-5-11)18-16(21)13-8-10(13)3/h4-7,9-10,13-14H,8H2,1-3H3,(H,18,21)(H,19,20)(H,22,23)/t10?,13?,14-/m0/s1. The lowest BCUT2D eigenvalue weighted by atomic mass is 10.0. The average molecular weight is 318 g/mol. The summed E-state index contributed by atoms with van der Waals surface area (Å²) in [6.45, 7) is 5.50. The van der Waals surface area contributed by atoms with Crippen LogP contribution in [0.5, 0.6) is 0 Å². The molecule has 2 unspecified atom stereocenters. The fourth-order valence-corrected chi connectivity index (χ4v) is 2.37. The number of benzene rings is 1. The molecule has 1 aliphatic carbocycles. The maximum Gasteiger partial charge on any atom is 0.326 e. The summed E-state index contributed by atoms with van der Waals surface area (Å²) in [4.78, 5) is 35.1. The Labute approximate surface area is 135 Å². The van der Waals surface area contributed by atoms with Crippen molar-refractivity contribution in [3.8, 4) is 0 Å². The van der Waals surface area contributed by atoms with Crippen LogP contribution in [0.15, 0.2) is 24.3 Å². The number of rotatable bonds is 6. The van der Waals surface area contributed by atoms with Crippen LogP contribution in [0.1, 0.15) is 37.6 Å². The first kappa shape index (κ1) is 17.0. The molecule has 2 rings (SSSR count). The molecule has 0 radical (unpaired) electrons. The van der Waals surface area contributed by atoms with Gasteiger partial charge in [-0.2, -0.15) is 0 Å². The third-order valence-electron chi connectivity index (χ3n) is 4.08. The minimum absolute atomic E-state index is 0.000417. The van der Waals surface area contributed by atoms with Crippen LogP contribution in [0.25, 0.3) is 0 Å². The molecule has 1 aromatic rings. The summed E-state index contributed by atoms with van der Waals surface area (Å²) in [6.07, 6.45) is 0.915. The van der Waals surface area contributed by atoms with E-state index < -0.39 is 17.9 Å². The number of carboxylic acids is 1. The lowest BCUT2D eigenvalue weighted by Crippen LogP contribution is -2.44. The van der Waals surface area contributed by atoms with Gasteiger partial charge in [0.15, 0.2) is 0 Å². The van der Waals surface area contributed by atoms with Gasteiger partial charge in [-0.1, -0.05) is 20.8 Å². The van der Waals surface area contributed by atoms with Gasteiger partial charge in [-0.15, -0.1) is 0 Å². The molecule has 0 heterocycles. The van der Waals surface area contributed by atoms with E-state index in [2.05, 4.69) is 10.6 Å². The summed E-state index contributed by atoms with van der Waals surface area (Å²) in [7, 11) is 0. The molecule has 124 valence electrons. The highest BCUT2D eigenvalue weighted by Gasteiger charge is 2.39. The van der Waals surface area contributed by atoms with Gasteiger partial charge in [0.1, 0.15) is 6.04 Å². The molecule has 6 heteroatoms. The van der Waals surface area contributed by atoms with Crippen molar-refractivity contribution in [2.45, 2.75) is 33.2 Å². The molecule has 1 fully saturated rings. The minimum atomic E-state index is -1.06. The number of amides is 2. The quantitative estimate of drug-likeness (QED) is 0.748. The highest BCUT2D eigenvalue weighted by Crippen LogP contribution is 2.38. The zero-order chi connectivity index (χ0) is 17.1. The average Bonchev–Trinajstić information content (AvgIpc) is 3.21. The van der Waals surface area contributed by atoms with Crippen molar-refractivity contribution < 1.29 is 19.5 Å². The van der Waals surface area contributed by atoms with E-state index >= 15 is 0 Å². The molecule has 23 heavy (non-hydrogen) atoms. The maximum atomic E-state index is 12.1. The number of anilines is 1. The van der Waals surface area contributed by atoms with Crippen LogP contribution >= 0.6 is 0 Å². The van der Waals surface area contributed by atoms with Crippen LogP contribution in [0, 0.1) is 17.8 Å². The first-order valence-corrected chi connectivity index (χ1v) is 7.74. The third-order valence-corrected chi connectivity index (χ3v) is 4.08. The number of aliphatic carboxylic acids is 1. The second-order valence-electron chi connectivity index (χ2n) is 6.42. The third kappa shape index (κ3) is 4.31. The first-order valence-electron chi connectivity index (χ1n) is 7.74. The van der Waals surface area contributed by atoms with Crippen LogP contribution in [0.2, 0.25) is 0 Å². The van der Waals surface area contributed by atoms with Gasteiger partial charge in [-0.3, -0.25) is 9.59 Å². The normalized spacial score (nSPS) is 20.7. The van der Waals surface area contributed by atoms with Crippen molar-refractivity contribution in [3.63, 3.8) is 0 Å². The van der Waals surface area contributed by atoms with Gasteiger partial charge in [-0.05, 0) is 42.5 Å². The fraction of sp³-hybridized carbons (Fsp3) is 0.471. The molecule has 3 atom stereocenters. The van der Waals surface area contributed by atoms with Gasteiger partial charge in [0.05, 0.1) is 0 Å². The maximum absolute atomic E-state index is 12.1. The van der Waals surface area contributed by atoms with Crippen LogP contribution in [-0.4, -0.2) is 28.9 Å². The smallest absolute Gasteiger partial charge is 0.326 e. The first-order chi connectivity index (χ1) is 10.8. The Balaban J connectivity index is 1.97. The molecule has 0 aliphatic heterocycles. The van der Waals surface area contributed by atoms with Gasteiger partial charge in [0.2, 0.25) is 5.91 Å². The van der Waals surface area contributed by atoms with Crippen LogP contribution in [-0.2, 0) is 9.59 Å². The number of hydrogen-bond acceptors (Lipinski definition) is 3. The van der Waals surface area contributed by atoms with Crippen molar-refractivity contribution in [1.29, 1.82) is 0 Å². The van der Waals surface area contributed by atoms with E-state index in [1.54, 1.807) is 38.1 Å². The minimum Gasteiger partial charge on any atom is -0.480 e. The van der Waals surface area contributed by atoms with E-state index in [9.17, 15) is 14.4 Å². The Kier molecular flexibility index (Phi) is 5.03. The number of carboxylic acid groups (broad SMARTS) is 1. The Bertz CT molecular complexity index is 610. The summed E-state index contributed by atoms with van der Waals surface area (Å²) in [6, 6.07) is 5.50. The molecule has 0 aromatic heterocycles. The summed E-state index contributed by atoms with van der Waals surface area (Å²) < 4.78 is 0. The highest BCUT2D eigenvalue weighted by molar-refractivity contribution is 5.98. The molecule has 1 aliphatic rings. The van der Waals surface area contributed by atoms with E-state index in [0.29, 0.717) is 17.2 Å². The lowest BCUT2D eigenvalue weighted by Gasteiger charge is -2.18. The zero-order valence-corrected chi connectivity index (χ0v) is 13.5. The predicted molar refractivity (Wildman–Crippen MR) is 86.1 cm³/mol. The van der Waals surface area contributed by atoms with Crippen molar-refractivity contribution in [3.05, 3.63) is 29.8 Å². The van der Waals surface area contributed by atoms with Crippen molar-refractivity contribution in [1.82, 2.24) is 5.32 Å². The largest absolute Gasteiger partial charge is 0.480 e. The van der Waals surface area contributed by atoms with E-state index in [4.69, 9.17) is 5.11 Å². The van der Waals surface area contributed by atoms with Gasteiger partial charge < -0.3 is 15.7 Å². The van der Waals surface area contributed by atoms with E-state index in [1.165, 1.54) is 0 Å². The summed E-state index contributed by atoms with van der Waals surface area (Å²) in [5.74, 6) is -1.20. The predicted octanol–water partition coefficient (Wildman–Crippen LogP) is 2.12. The molecule has 1 saturated carbocycles. The van der Waals surface area contributed by atoms with Gasteiger partial charge in [0, 0.05) is 17.2 Å². The monoisotopic (exact) mass is 318 g/mol. The van der Waals surface area contributed by atoms with Crippen molar-refractivity contribution in [2.24, 2.45) is 17.8 Å². The molecule has 3 N–H and O–H groups in total. The Morgan fingerprint density at radius 1 is 1.17 bits per heavy atom. The van der Waals surface area contributed by atoms with E-state index in [1.807, 2.05) is 6.92 Å². The SMILES string of the molecule is CC1CC1C(=O)Nc1ccc(C(=O)N[C@H](C(=O)O)C(C)C)cc1. The molecule has 6 nitrogen and oxygen atoms in total. The number of nitrogens with one attached hydrogen (secondary N) is 2. The van der Waals surface area contributed by atoms with Crippen LogP contribution < -0.4 is 10.6 Å². The second kappa shape index (κ2) is 6.81. The molecular weight excluding hydrogens is 296 g/mol. The van der Waals surface area contributed by atoms with Crippen LogP contribution in [0.3, 0.4) is 0 Å². The molecule has 2 amide bonds. The molecule has 0 bridgehead atoms. The van der Waals surface area contributed by atoms with Crippen molar-refractivity contribution >= 4 is 23.5 Å². The summed E-state index contributed by atoms with van der Waals surface area (Å²) in [5.41, 5.74) is 0.985. The van der Waals surface area contributed by atoms with Gasteiger partial charge in [0.25, 0.3) is 5.91 Å². The fourth-order valence-electron chi connectivity index (χ4n) is 2.37. The van der Waals surface area contributed by atoms with E-state index in [-0.39, 0.29) is 17.7 Å². The number of carbonyl (C=O) groups excluding carboxylic acids is 2. The zero-order valence-electron chi connectivity index (χ0n) is 13.5. The Morgan fingerprint density at radius 2 is 1.74 bits per heavy atom. The van der Waals surface area contributed by atoms with Gasteiger partial charge >= 0.3 is 5.97 Å². The topological polar surface area (TPSA) is 95.5 Å². The summed E-state index contributed by atoms with van der Waals surface area (Å²) >= 11 is 0. The van der Waals surface area contributed by atoms with Crippen LogP contribution in [0.4, 0.5) is 5.69 Å². The highest BCUT2D eigenvalue weighted by atomic mass is 16.4. The Hall–Kier alpha value is -2.37. The second-order valence-corrected chi connectivity index (χ2v) is 6.42. The molecule has 0 saturated heterocycles. The number of hydrogen-bond donors (Lipinski definition) is 3. The number of carbonyl (C=O) groups is 3. The Morgan fingerprint density at radius 3 is 2.17 bits per heavy atom. The van der Waals surface area contributed by atoms with Gasteiger partial charge in [-0.25, -0.2) is 4.79 Å². The lowest BCUT2D eigenvalue weighted by molar-refractivity contribution is -0.140.